The van der Waals surface area contributed by atoms with Crippen molar-refractivity contribution in [2.45, 2.75) is 64.2 Å². The van der Waals surface area contributed by atoms with Gasteiger partial charge in [0.2, 0.25) is 0 Å². The van der Waals surface area contributed by atoms with E-state index >= 15 is 0 Å². The van der Waals surface area contributed by atoms with Gasteiger partial charge in [0.15, 0.2) is 0 Å². The molecule has 0 nitrogen and oxygen atoms in total. The van der Waals surface area contributed by atoms with E-state index in [1.54, 1.807) is 0 Å². The minimum Gasteiger partial charge on any atom is -0.0811 e. The number of hydrogen-bond acceptors (Lipinski definition) is 0. The standard InChI is InChI=1S/C14H22/c1-2-6-10-13(9-5-1)14-11-7-3-4-8-12-14/h9,11H,1-8,10,12H2/i9D. The lowest BCUT2D eigenvalue weighted by Gasteiger charge is -2.09. The fraction of sp³-hybridized carbons (Fsp3) is 0.714. The van der Waals surface area contributed by atoms with Crippen LogP contribution in [0.1, 0.15) is 65.6 Å². The summed E-state index contributed by atoms with van der Waals surface area (Å²) < 4.78 is 8.12. The molecule has 0 heteroatoms. The Morgan fingerprint density at radius 1 is 0.786 bits per heavy atom. The van der Waals surface area contributed by atoms with Crippen molar-refractivity contribution in [2.24, 2.45) is 0 Å². The van der Waals surface area contributed by atoms with Crippen molar-refractivity contribution in [3.8, 4) is 0 Å². The maximum absolute atomic E-state index is 8.12. The second-order valence-corrected chi connectivity index (χ2v) is 4.54. The maximum Gasteiger partial charge on any atom is 0.0579 e. The summed E-state index contributed by atoms with van der Waals surface area (Å²) in [6, 6.07) is 0.945. The van der Waals surface area contributed by atoms with Crippen LogP contribution in [0, 0.1) is 0 Å². The first-order valence-electron chi connectivity index (χ1n) is 6.76. The van der Waals surface area contributed by atoms with E-state index in [2.05, 4.69) is 6.08 Å². The number of hydrogen-bond donors (Lipinski definition) is 0. The van der Waals surface area contributed by atoms with Crippen LogP contribution < -0.4 is 0 Å². The topological polar surface area (TPSA) is 0 Å². The highest BCUT2D eigenvalue weighted by molar-refractivity contribution is 5.31. The van der Waals surface area contributed by atoms with E-state index in [0.717, 1.165) is 12.5 Å². The fourth-order valence-electron chi connectivity index (χ4n) is 2.49. The van der Waals surface area contributed by atoms with Crippen LogP contribution in [0.15, 0.2) is 23.3 Å². The molecule has 78 valence electrons. The van der Waals surface area contributed by atoms with E-state index in [4.69, 9.17) is 1.37 Å². The van der Waals surface area contributed by atoms with Crippen LogP contribution in [0.5, 0.6) is 0 Å². The minimum absolute atomic E-state index is 0.945. The molecule has 0 aromatic rings. The van der Waals surface area contributed by atoms with Crippen LogP contribution in [-0.2, 0) is 0 Å². The van der Waals surface area contributed by atoms with Gasteiger partial charge in [-0.1, -0.05) is 25.0 Å². The van der Waals surface area contributed by atoms with Crippen LogP contribution in [-0.4, -0.2) is 0 Å². The first kappa shape index (κ1) is 8.76. The Kier molecular flexibility index (Phi) is 3.37. The van der Waals surface area contributed by atoms with Crippen LogP contribution in [0.3, 0.4) is 0 Å². The van der Waals surface area contributed by atoms with Crippen LogP contribution in [0.25, 0.3) is 0 Å². The maximum atomic E-state index is 8.12. The molecule has 0 aromatic carbocycles. The lowest BCUT2D eigenvalue weighted by Crippen LogP contribution is -1.89. The van der Waals surface area contributed by atoms with Gasteiger partial charge in [0, 0.05) is 0 Å². The molecule has 0 atom stereocenters. The monoisotopic (exact) mass is 191 g/mol. The van der Waals surface area contributed by atoms with Gasteiger partial charge in [-0.3, -0.25) is 0 Å². The Hall–Kier alpha value is -0.520. The summed E-state index contributed by atoms with van der Waals surface area (Å²) in [5.74, 6) is 0. The predicted octanol–water partition coefficient (Wildman–Crippen LogP) is 4.77. The zero-order valence-corrected chi connectivity index (χ0v) is 9.15. The Labute approximate surface area is 89.5 Å². The van der Waals surface area contributed by atoms with Gasteiger partial charge in [-0.25, -0.2) is 0 Å². The largest absolute Gasteiger partial charge is 0.0811 e. The lowest BCUT2D eigenvalue weighted by molar-refractivity contribution is 0.699. The van der Waals surface area contributed by atoms with Crippen LogP contribution in [0.2, 0.25) is 0 Å². The molecule has 2 aliphatic carbocycles. The second-order valence-electron chi connectivity index (χ2n) is 4.54. The van der Waals surface area contributed by atoms with Gasteiger partial charge >= 0.3 is 0 Å². The molecule has 2 aliphatic rings. The van der Waals surface area contributed by atoms with Crippen molar-refractivity contribution in [1.82, 2.24) is 0 Å². The predicted molar refractivity (Wildman–Crippen MR) is 62.3 cm³/mol. The van der Waals surface area contributed by atoms with Crippen molar-refractivity contribution in [3.63, 3.8) is 0 Å². The highest BCUT2D eigenvalue weighted by atomic mass is 14.1. The zero-order valence-electron chi connectivity index (χ0n) is 10.1. The molecule has 0 saturated carbocycles. The van der Waals surface area contributed by atoms with Gasteiger partial charge in [0.05, 0.1) is 1.37 Å². The number of rotatable bonds is 1. The summed E-state index contributed by atoms with van der Waals surface area (Å²) in [6.45, 7) is 0. The van der Waals surface area contributed by atoms with Crippen molar-refractivity contribution < 1.29 is 1.37 Å². The molecule has 0 fully saturated rings. The highest BCUT2D eigenvalue weighted by Crippen LogP contribution is 2.29. The smallest absolute Gasteiger partial charge is 0.0579 e. The summed E-state index contributed by atoms with van der Waals surface area (Å²) >= 11 is 0. The van der Waals surface area contributed by atoms with Crippen molar-refractivity contribution in [1.29, 1.82) is 0 Å². The Bertz CT molecular complexity index is 273. The van der Waals surface area contributed by atoms with E-state index in [9.17, 15) is 0 Å². The molecule has 0 unspecified atom stereocenters. The van der Waals surface area contributed by atoms with E-state index in [1.807, 2.05) is 0 Å². The normalized spacial score (nSPS) is 26.3. The lowest BCUT2D eigenvalue weighted by atomic mass is 9.97. The third-order valence-electron chi connectivity index (χ3n) is 3.37. The third kappa shape index (κ3) is 2.73. The summed E-state index contributed by atoms with van der Waals surface area (Å²) in [6.07, 6.45) is 15.0. The quantitative estimate of drug-likeness (QED) is 0.560. The summed E-state index contributed by atoms with van der Waals surface area (Å²) in [4.78, 5) is 0. The van der Waals surface area contributed by atoms with Crippen molar-refractivity contribution in [3.05, 3.63) is 23.3 Å². The molecule has 14 heavy (non-hydrogen) atoms. The molecule has 0 spiro atoms. The first-order chi connectivity index (χ1) is 7.38. The average molecular weight is 191 g/mol. The van der Waals surface area contributed by atoms with Crippen molar-refractivity contribution >= 4 is 0 Å². The molecule has 0 heterocycles. The Balaban J connectivity index is 2.15. The average Bonchev–Trinajstić information content (AvgIpc) is 2.59. The molecular weight excluding hydrogens is 168 g/mol. The molecular formula is C14H22. The Morgan fingerprint density at radius 2 is 1.50 bits per heavy atom. The van der Waals surface area contributed by atoms with Gasteiger partial charge in [-0.15, -0.1) is 0 Å². The molecule has 0 aromatic heterocycles. The summed E-state index contributed by atoms with van der Waals surface area (Å²) in [5, 5.41) is 0. The van der Waals surface area contributed by atoms with Gasteiger partial charge in [0.1, 0.15) is 0 Å². The van der Waals surface area contributed by atoms with E-state index in [1.165, 1.54) is 68.9 Å². The first-order valence-corrected chi connectivity index (χ1v) is 6.26. The summed E-state index contributed by atoms with van der Waals surface area (Å²) in [7, 11) is 0. The molecule has 0 bridgehead atoms. The van der Waals surface area contributed by atoms with Gasteiger partial charge in [0.25, 0.3) is 0 Å². The Morgan fingerprint density at radius 3 is 2.36 bits per heavy atom. The van der Waals surface area contributed by atoms with Crippen LogP contribution >= 0.6 is 0 Å². The SMILES string of the molecule is [2H]C1=C(C2=CCCCCC2)CCCCC1. The molecule has 0 amide bonds. The third-order valence-corrected chi connectivity index (χ3v) is 3.37. The number of allylic oxidation sites excluding steroid dienone is 4. The molecule has 0 aliphatic heterocycles. The van der Waals surface area contributed by atoms with E-state index in [0.29, 0.717) is 0 Å². The molecule has 0 saturated heterocycles. The molecule has 0 N–H and O–H groups in total. The molecule has 0 radical (unpaired) electrons. The highest BCUT2D eigenvalue weighted by Gasteiger charge is 2.09. The fourth-order valence-corrected chi connectivity index (χ4v) is 2.49. The van der Waals surface area contributed by atoms with Gasteiger partial charge in [-0.2, -0.15) is 0 Å². The van der Waals surface area contributed by atoms with Crippen molar-refractivity contribution in [2.75, 3.05) is 0 Å². The van der Waals surface area contributed by atoms with Crippen LogP contribution in [0.4, 0.5) is 0 Å². The van der Waals surface area contributed by atoms with E-state index < -0.39 is 0 Å². The van der Waals surface area contributed by atoms with Gasteiger partial charge < -0.3 is 0 Å². The minimum atomic E-state index is 0.945. The second kappa shape index (κ2) is 5.38. The van der Waals surface area contributed by atoms with Gasteiger partial charge in [-0.05, 0) is 62.5 Å². The zero-order chi connectivity index (χ0) is 10.5. The van der Waals surface area contributed by atoms with E-state index in [-0.39, 0.29) is 0 Å². The molecule has 2 rings (SSSR count). The summed E-state index contributed by atoms with van der Waals surface area (Å²) in [5.41, 5.74) is 2.94.